The highest BCUT2D eigenvalue weighted by atomic mass is 32.1. The molecular weight excluding hydrogens is 250 g/mol. The molecule has 0 bridgehead atoms. The minimum absolute atomic E-state index is 0.131. The second-order valence-electron chi connectivity index (χ2n) is 4.03. The zero-order valence-electron chi connectivity index (χ0n) is 9.64. The Balaban J connectivity index is 2.01. The molecule has 0 radical (unpaired) electrons. The third-order valence-electron chi connectivity index (χ3n) is 2.73. The number of carbonyl (C=O) groups is 1. The van der Waals surface area contributed by atoms with E-state index in [-0.39, 0.29) is 5.91 Å². The van der Waals surface area contributed by atoms with Crippen LogP contribution in [0.4, 0.5) is 10.8 Å². The van der Waals surface area contributed by atoms with Gasteiger partial charge in [0.15, 0.2) is 11.2 Å². The zero-order valence-corrected chi connectivity index (χ0v) is 10.5. The highest BCUT2D eigenvalue weighted by Crippen LogP contribution is 2.34. The third-order valence-corrected chi connectivity index (χ3v) is 3.40. The first-order valence-corrected chi connectivity index (χ1v) is 6.34. The van der Waals surface area contributed by atoms with Crippen LogP contribution in [0.2, 0.25) is 0 Å². The summed E-state index contributed by atoms with van der Waals surface area (Å²) in [5.41, 5.74) is 8.03. The number of nitrogens with two attached hydrogens (primary N) is 1. The maximum Gasteiger partial charge on any atom is 0.265 e. The lowest BCUT2D eigenvalue weighted by Gasteiger charge is -2.23. The number of ether oxygens (including phenoxy) is 1. The Morgan fingerprint density at radius 2 is 2.33 bits per heavy atom. The quantitative estimate of drug-likeness (QED) is 0.824. The lowest BCUT2D eigenvalue weighted by molar-refractivity contribution is -0.122. The summed E-state index contributed by atoms with van der Waals surface area (Å²) < 4.78 is 5.55. The molecule has 1 aromatic carbocycles. The number of nitrogens with zero attached hydrogens (tertiary/aromatic N) is 1. The first-order valence-electron chi connectivity index (χ1n) is 5.46. The summed E-state index contributed by atoms with van der Waals surface area (Å²) in [4.78, 5) is 15.7. The minimum atomic E-state index is -0.478. The molecule has 0 fully saturated rings. The maximum atomic E-state index is 11.5. The molecule has 1 amide bonds. The Hall–Kier alpha value is -2.08. The Bertz CT molecular complexity index is 624. The molecule has 1 unspecified atom stereocenters. The first-order chi connectivity index (χ1) is 8.63. The van der Waals surface area contributed by atoms with E-state index in [0.29, 0.717) is 16.6 Å². The summed E-state index contributed by atoms with van der Waals surface area (Å²) in [6.07, 6.45) is -0.478. The van der Waals surface area contributed by atoms with Crippen LogP contribution in [0.3, 0.4) is 0 Å². The van der Waals surface area contributed by atoms with Gasteiger partial charge in [-0.25, -0.2) is 4.98 Å². The van der Waals surface area contributed by atoms with E-state index in [1.807, 2.05) is 23.6 Å². The molecule has 2 aromatic rings. The third kappa shape index (κ3) is 1.80. The van der Waals surface area contributed by atoms with Crippen molar-refractivity contribution < 1.29 is 9.53 Å². The summed E-state index contributed by atoms with van der Waals surface area (Å²) in [6.45, 7) is 1.71. The summed E-state index contributed by atoms with van der Waals surface area (Å²) in [7, 11) is 0. The van der Waals surface area contributed by atoms with Gasteiger partial charge in [-0.2, -0.15) is 0 Å². The number of carbonyl (C=O) groups excluding carboxylic acids is 1. The average Bonchev–Trinajstić information content (AvgIpc) is 2.77. The van der Waals surface area contributed by atoms with Crippen molar-refractivity contribution in [3.05, 3.63) is 23.6 Å². The predicted molar refractivity (Wildman–Crippen MR) is 70.7 cm³/mol. The fourth-order valence-corrected chi connectivity index (χ4v) is 2.35. The second-order valence-corrected chi connectivity index (χ2v) is 4.92. The Kier molecular flexibility index (Phi) is 2.45. The molecule has 3 N–H and O–H groups in total. The van der Waals surface area contributed by atoms with Crippen molar-refractivity contribution in [1.82, 2.24) is 4.98 Å². The standard InChI is InChI=1S/C12H11N3O2S/c1-6-11(16)14-8-3-2-7(4-10(8)17-6)9-5-18-12(13)15-9/h2-6H,1H3,(H2,13,15)(H,14,16). The van der Waals surface area contributed by atoms with Crippen LogP contribution in [-0.4, -0.2) is 17.0 Å². The number of thiazole rings is 1. The fourth-order valence-electron chi connectivity index (χ4n) is 1.78. The molecule has 0 saturated heterocycles. The summed E-state index contributed by atoms with van der Waals surface area (Å²) in [5, 5.41) is 5.21. The van der Waals surface area contributed by atoms with Crippen LogP contribution in [0.5, 0.6) is 5.75 Å². The monoisotopic (exact) mass is 261 g/mol. The molecule has 1 aromatic heterocycles. The zero-order chi connectivity index (χ0) is 12.7. The smallest absolute Gasteiger partial charge is 0.265 e. The van der Waals surface area contributed by atoms with E-state index in [1.54, 1.807) is 6.92 Å². The van der Waals surface area contributed by atoms with Gasteiger partial charge in [0.25, 0.3) is 5.91 Å². The Morgan fingerprint density at radius 1 is 1.50 bits per heavy atom. The lowest BCUT2D eigenvalue weighted by atomic mass is 10.1. The highest BCUT2D eigenvalue weighted by molar-refractivity contribution is 7.13. The molecular formula is C12H11N3O2S. The number of anilines is 2. The van der Waals surface area contributed by atoms with Crippen LogP contribution >= 0.6 is 11.3 Å². The molecule has 18 heavy (non-hydrogen) atoms. The van der Waals surface area contributed by atoms with Crippen molar-refractivity contribution in [2.24, 2.45) is 0 Å². The number of nitrogen functional groups attached to an aromatic ring is 1. The number of fused-ring (bicyclic) bond motifs is 1. The first kappa shape index (κ1) is 11.0. The van der Waals surface area contributed by atoms with E-state index < -0.39 is 6.10 Å². The Labute approximate surface area is 108 Å². The topological polar surface area (TPSA) is 77.2 Å². The van der Waals surface area contributed by atoms with Crippen molar-refractivity contribution >= 4 is 28.1 Å². The van der Waals surface area contributed by atoms with Gasteiger partial charge in [0.05, 0.1) is 11.4 Å². The van der Waals surface area contributed by atoms with Crippen LogP contribution in [0, 0.1) is 0 Å². The van der Waals surface area contributed by atoms with Crippen LogP contribution in [-0.2, 0) is 4.79 Å². The number of hydrogen-bond acceptors (Lipinski definition) is 5. The molecule has 0 aliphatic carbocycles. The maximum absolute atomic E-state index is 11.5. The Morgan fingerprint density at radius 3 is 3.06 bits per heavy atom. The van der Waals surface area contributed by atoms with Gasteiger partial charge in [0, 0.05) is 10.9 Å². The van der Waals surface area contributed by atoms with Gasteiger partial charge in [-0.3, -0.25) is 4.79 Å². The molecule has 1 aliphatic heterocycles. The molecule has 1 aliphatic rings. The lowest BCUT2D eigenvalue weighted by Crippen LogP contribution is -2.34. The van der Waals surface area contributed by atoms with Gasteiger partial charge in [-0.15, -0.1) is 11.3 Å². The average molecular weight is 261 g/mol. The summed E-state index contributed by atoms with van der Waals surface area (Å²) >= 11 is 1.39. The van der Waals surface area contributed by atoms with Crippen molar-refractivity contribution in [1.29, 1.82) is 0 Å². The highest BCUT2D eigenvalue weighted by Gasteiger charge is 2.23. The van der Waals surface area contributed by atoms with Crippen LogP contribution in [0.15, 0.2) is 23.6 Å². The molecule has 6 heteroatoms. The largest absolute Gasteiger partial charge is 0.479 e. The van der Waals surface area contributed by atoms with Gasteiger partial charge in [0.2, 0.25) is 0 Å². The molecule has 2 heterocycles. The molecule has 92 valence electrons. The van der Waals surface area contributed by atoms with Crippen LogP contribution < -0.4 is 15.8 Å². The van der Waals surface area contributed by atoms with Crippen molar-refractivity contribution in [3.63, 3.8) is 0 Å². The summed E-state index contributed by atoms with van der Waals surface area (Å²) in [6, 6.07) is 5.55. The van der Waals surface area contributed by atoms with E-state index in [1.165, 1.54) is 11.3 Å². The molecule has 1 atom stereocenters. The van der Waals surface area contributed by atoms with E-state index in [2.05, 4.69) is 10.3 Å². The van der Waals surface area contributed by atoms with Crippen molar-refractivity contribution in [2.75, 3.05) is 11.1 Å². The number of nitrogens with one attached hydrogen (secondary N) is 1. The van der Waals surface area contributed by atoms with E-state index in [4.69, 9.17) is 10.5 Å². The van der Waals surface area contributed by atoms with Gasteiger partial charge in [0.1, 0.15) is 5.75 Å². The minimum Gasteiger partial charge on any atom is -0.479 e. The molecule has 0 saturated carbocycles. The molecule has 0 spiro atoms. The van der Waals surface area contributed by atoms with Gasteiger partial charge in [-0.05, 0) is 19.1 Å². The van der Waals surface area contributed by atoms with Gasteiger partial charge in [-0.1, -0.05) is 6.07 Å². The second kappa shape index (κ2) is 3.99. The van der Waals surface area contributed by atoms with Gasteiger partial charge >= 0.3 is 0 Å². The molecule has 5 nitrogen and oxygen atoms in total. The van der Waals surface area contributed by atoms with Crippen molar-refractivity contribution in [2.45, 2.75) is 13.0 Å². The van der Waals surface area contributed by atoms with Crippen molar-refractivity contribution in [3.8, 4) is 17.0 Å². The normalized spacial score (nSPS) is 17.8. The number of amides is 1. The number of aromatic nitrogens is 1. The fraction of sp³-hybridized carbons (Fsp3) is 0.167. The number of rotatable bonds is 1. The number of hydrogen-bond donors (Lipinski definition) is 2. The van der Waals surface area contributed by atoms with E-state index in [0.717, 1.165) is 11.3 Å². The van der Waals surface area contributed by atoms with Crippen LogP contribution in [0.1, 0.15) is 6.92 Å². The summed E-state index contributed by atoms with van der Waals surface area (Å²) in [5.74, 6) is 0.527. The molecule has 3 rings (SSSR count). The van der Waals surface area contributed by atoms with E-state index in [9.17, 15) is 4.79 Å². The SMILES string of the molecule is CC1Oc2cc(-c3csc(N)n3)ccc2NC1=O. The van der Waals surface area contributed by atoms with Gasteiger partial charge < -0.3 is 15.8 Å². The number of benzene rings is 1. The van der Waals surface area contributed by atoms with E-state index >= 15 is 0 Å². The predicted octanol–water partition coefficient (Wildman–Crippen LogP) is 2.11. The van der Waals surface area contributed by atoms with Crippen LogP contribution in [0.25, 0.3) is 11.3 Å².